The molecule has 31 heavy (non-hydrogen) atoms. The van der Waals surface area contributed by atoms with E-state index in [9.17, 15) is 0 Å². The molecule has 3 saturated heterocycles. The van der Waals surface area contributed by atoms with Crippen LogP contribution in [0.5, 0.6) is 0 Å². The van der Waals surface area contributed by atoms with E-state index in [4.69, 9.17) is 0 Å². The van der Waals surface area contributed by atoms with Gasteiger partial charge in [-0.1, -0.05) is 59.0 Å². The monoisotopic (exact) mass is 500 g/mol. The Morgan fingerprint density at radius 1 is 0.484 bits per heavy atom. The fourth-order valence-electron chi connectivity index (χ4n) is 5.80. The zero-order valence-corrected chi connectivity index (χ0v) is 23.0. The molecule has 6 nitrogen and oxygen atoms in total. The summed E-state index contributed by atoms with van der Waals surface area (Å²) >= 11 is 0. The van der Waals surface area contributed by atoms with Crippen LogP contribution in [0, 0.1) is 17.8 Å². The molecule has 3 fully saturated rings. The third-order valence-electron chi connectivity index (χ3n) is 6.97. The summed E-state index contributed by atoms with van der Waals surface area (Å²) in [7, 11) is 0. The van der Waals surface area contributed by atoms with Gasteiger partial charge in [0.05, 0.1) is 0 Å². The molecule has 7 heteroatoms. The zero-order valence-electron chi connectivity index (χ0n) is 20.2. The van der Waals surface area contributed by atoms with Gasteiger partial charge >= 0.3 is 32.7 Å². The number of amidine groups is 3. The zero-order chi connectivity index (χ0) is 21.4. The topological polar surface area (TPSA) is 79.4 Å². The van der Waals surface area contributed by atoms with Crippen LogP contribution >= 0.6 is 0 Å². The van der Waals surface area contributed by atoms with Crippen molar-refractivity contribution in [3.05, 3.63) is 16.0 Å². The van der Waals surface area contributed by atoms with Crippen LogP contribution in [-0.2, 0) is 32.7 Å². The maximum Gasteiger partial charge on any atom is 3.00 e. The van der Waals surface area contributed by atoms with E-state index in [2.05, 4.69) is 72.5 Å². The summed E-state index contributed by atoms with van der Waals surface area (Å²) < 4.78 is 0. The van der Waals surface area contributed by atoms with Crippen molar-refractivity contribution in [3.63, 3.8) is 0 Å². The maximum atomic E-state index is 4.45. The Hall–Kier alpha value is -0.486. The van der Waals surface area contributed by atoms with Crippen molar-refractivity contribution in [2.45, 2.75) is 116 Å². The standard InChI is InChI=1S/3C8H13N2.Y/c3*1-5-3-7-4-6(2)10-8(7)9-5;/h3*5-7H,3-4H2,1-2H3;/q3*-1;+3. The Balaban J connectivity index is 0.000000130. The van der Waals surface area contributed by atoms with Gasteiger partial charge in [0, 0.05) is 0 Å². The predicted molar refractivity (Wildman–Crippen MR) is 127 cm³/mol. The van der Waals surface area contributed by atoms with Crippen LogP contribution in [-0.4, -0.2) is 53.8 Å². The summed E-state index contributed by atoms with van der Waals surface area (Å²) in [6.07, 6.45) is 7.44. The first-order valence-electron chi connectivity index (χ1n) is 12.1. The molecule has 0 saturated carbocycles. The molecule has 0 aromatic rings. The van der Waals surface area contributed by atoms with Crippen molar-refractivity contribution in [2.75, 3.05) is 0 Å². The molecule has 0 aromatic heterocycles. The van der Waals surface area contributed by atoms with Crippen LogP contribution in [0.25, 0.3) is 16.0 Å². The van der Waals surface area contributed by atoms with Crippen LogP contribution in [0.3, 0.4) is 0 Å². The van der Waals surface area contributed by atoms with Crippen molar-refractivity contribution in [1.82, 2.24) is 0 Å². The van der Waals surface area contributed by atoms with Gasteiger partial charge < -0.3 is 30.9 Å². The average molecular weight is 501 g/mol. The third kappa shape index (κ3) is 6.31. The van der Waals surface area contributed by atoms with Crippen LogP contribution in [0.1, 0.15) is 80.1 Å². The summed E-state index contributed by atoms with van der Waals surface area (Å²) in [6.45, 7) is 13.0. The van der Waals surface area contributed by atoms with Gasteiger partial charge in [0.15, 0.2) is 0 Å². The third-order valence-corrected chi connectivity index (χ3v) is 6.97. The van der Waals surface area contributed by atoms with Gasteiger partial charge in [-0.05, 0) is 92.5 Å². The molecule has 168 valence electrons. The molecule has 0 radical (unpaired) electrons. The summed E-state index contributed by atoms with van der Waals surface area (Å²) in [6, 6.07) is 3.23. The van der Waals surface area contributed by atoms with Crippen LogP contribution in [0.2, 0.25) is 0 Å². The molecule has 6 aliphatic heterocycles. The van der Waals surface area contributed by atoms with E-state index in [-0.39, 0.29) is 32.7 Å². The fraction of sp³-hybridized carbons (Fsp3) is 0.875. The second-order valence-corrected chi connectivity index (χ2v) is 10.4. The smallest absolute Gasteiger partial charge is 0.466 e. The van der Waals surface area contributed by atoms with Gasteiger partial charge in [0.2, 0.25) is 0 Å². The summed E-state index contributed by atoms with van der Waals surface area (Å²) in [5, 5.41) is 13.4. The van der Waals surface area contributed by atoms with Crippen molar-refractivity contribution in [2.24, 2.45) is 32.7 Å². The van der Waals surface area contributed by atoms with E-state index < -0.39 is 0 Å². The summed E-state index contributed by atoms with van der Waals surface area (Å²) in [4.78, 5) is 13.4. The van der Waals surface area contributed by atoms with Gasteiger partial charge in [0.1, 0.15) is 0 Å². The van der Waals surface area contributed by atoms with E-state index in [1.807, 2.05) is 0 Å². The van der Waals surface area contributed by atoms with Gasteiger partial charge in [-0.2, -0.15) is 0 Å². The first-order chi connectivity index (χ1) is 14.3. The summed E-state index contributed by atoms with van der Waals surface area (Å²) in [5.74, 6) is 5.60. The van der Waals surface area contributed by atoms with E-state index >= 15 is 0 Å². The van der Waals surface area contributed by atoms with E-state index in [0.29, 0.717) is 54.0 Å². The van der Waals surface area contributed by atoms with Crippen molar-refractivity contribution >= 4 is 17.5 Å². The normalized spacial score (nSPS) is 43.2. The minimum atomic E-state index is 0. The first-order valence-corrected chi connectivity index (χ1v) is 12.1. The van der Waals surface area contributed by atoms with Crippen LogP contribution < -0.4 is 0 Å². The number of fused-ring (bicyclic) bond motifs is 3. The van der Waals surface area contributed by atoms with Crippen LogP contribution in [0.15, 0.2) is 15.0 Å². The number of rotatable bonds is 0. The molecular weight excluding hydrogens is 461 g/mol. The van der Waals surface area contributed by atoms with Gasteiger partial charge in [-0.25, -0.2) is 0 Å². The number of hydrogen-bond acceptors (Lipinski definition) is 3. The molecule has 0 N–H and O–H groups in total. The number of hydrogen-bond donors (Lipinski definition) is 0. The molecule has 0 aliphatic carbocycles. The average Bonchev–Trinajstić information content (AvgIpc) is 3.41. The molecule has 9 atom stereocenters. The van der Waals surface area contributed by atoms with Crippen molar-refractivity contribution in [3.8, 4) is 0 Å². The second-order valence-electron chi connectivity index (χ2n) is 10.4. The van der Waals surface area contributed by atoms with Gasteiger partial charge in [0.25, 0.3) is 0 Å². The molecule has 0 amide bonds. The van der Waals surface area contributed by atoms with Crippen molar-refractivity contribution in [1.29, 1.82) is 0 Å². The van der Waals surface area contributed by atoms with E-state index in [1.165, 1.54) is 38.5 Å². The second kappa shape index (κ2) is 10.6. The number of nitrogens with zero attached hydrogens (tertiary/aromatic N) is 6. The quantitative estimate of drug-likeness (QED) is 0.399. The molecular formula is C24H39N6Y. The number of aliphatic imine (C=N–C) groups is 3. The van der Waals surface area contributed by atoms with Crippen molar-refractivity contribution < 1.29 is 32.7 Å². The Kier molecular flexibility index (Phi) is 8.62. The molecule has 9 unspecified atom stereocenters. The minimum absolute atomic E-state index is 0. The Bertz CT molecular complexity index is 624. The van der Waals surface area contributed by atoms with E-state index in [0.717, 1.165) is 17.5 Å². The van der Waals surface area contributed by atoms with Gasteiger partial charge in [-0.15, -0.1) is 0 Å². The summed E-state index contributed by atoms with van der Waals surface area (Å²) in [5.41, 5.74) is 0. The largest absolute Gasteiger partial charge is 3.00 e. The Morgan fingerprint density at radius 3 is 0.968 bits per heavy atom. The molecule has 0 bridgehead atoms. The fourth-order valence-corrected chi connectivity index (χ4v) is 5.80. The Labute approximate surface area is 214 Å². The molecule has 0 spiro atoms. The Morgan fingerprint density at radius 2 is 0.742 bits per heavy atom. The molecule has 6 heterocycles. The molecule has 6 aliphatic rings. The molecule has 0 aromatic carbocycles. The minimum Gasteiger partial charge on any atom is -0.466 e. The predicted octanol–water partition coefficient (Wildman–Crippen LogP) is 5.88. The maximum absolute atomic E-state index is 4.45. The first kappa shape index (κ1) is 25.1. The molecule has 6 rings (SSSR count). The van der Waals surface area contributed by atoms with Gasteiger partial charge in [-0.3, -0.25) is 0 Å². The van der Waals surface area contributed by atoms with E-state index in [1.54, 1.807) is 0 Å². The van der Waals surface area contributed by atoms with Crippen LogP contribution in [0.4, 0.5) is 0 Å². The SMILES string of the molecule is CC1CC2CC(C)[N-]C2=N1.CC1CC2CC(C)[N-]C2=N1.CC1CC2CC(C)[N-]C2=N1.[Y+3].